The van der Waals surface area contributed by atoms with E-state index < -0.39 is 0 Å². The molecular weight excluding hydrogens is 358 g/mol. The van der Waals surface area contributed by atoms with Crippen LogP contribution in [0, 0.1) is 5.92 Å². The van der Waals surface area contributed by atoms with Crippen LogP contribution in [0.5, 0.6) is 0 Å². The van der Waals surface area contributed by atoms with Gasteiger partial charge in [0.1, 0.15) is 0 Å². The Labute approximate surface area is 170 Å². The first kappa shape index (κ1) is 22.2. The normalized spacial score (nSPS) is 15.0. The van der Waals surface area contributed by atoms with Crippen LogP contribution in [0.4, 0.5) is 0 Å². The molecule has 4 heteroatoms. The standard InChI is InChI=1S/C23H36ClNO2/c1-4-5-6-7-9-18(2)23(26)25(21-12-13-21)17-20-16-19(10-8-15-27-3)11-14-22(20)24/h11,14,16,18,21H,4-10,12-13,15,17H2,1-3H3. The monoisotopic (exact) mass is 393 g/mol. The smallest absolute Gasteiger partial charge is 0.225 e. The van der Waals surface area contributed by atoms with Crippen molar-refractivity contribution in [2.75, 3.05) is 13.7 Å². The highest BCUT2D eigenvalue weighted by Crippen LogP contribution is 2.32. The Kier molecular flexibility index (Phi) is 9.64. The van der Waals surface area contributed by atoms with E-state index in [-0.39, 0.29) is 5.92 Å². The van der Waals surface area contributed by atoms with Gasteiger partial charge in [0.15, 0.2) is 0 Å². The quantitative estimate of drug-likeness (QED) is 0.383. The summed E-state index contributed by atoms with van der Waals surface area (Å²) in [5, 5.41) is 0.763. The molecule has 3 nitrogen and oxygen atoms in total. The average Bonchev–Trinajstić information content (AvgIpc) is 3.50. The summed E-state index contributed by atoms with van der Waals surface area (Å²) in [6.45, 7) is 5.71. The zero-order valence-corrected chi connectivity index (χ0v) is 18.1. The minimum absolute atomic E-state index is 0.103. The Hall–Kier alpha value is -1.06. The van der Waals surface area contributed by atoms with Gasteiger partial charge in [-0.1, -0.05) is 63.3 Å². The van der Waals surface area contributed by atoms with Gasteiger partial charge in [-0.3, -0.25) is 4.79 Å². The van der Waals surface area contributed by atoms with Gasteiger partial charge >= 0.3 is 0 Å². The zero-order chi connectivity index (χ0) is 19.6. The Morgan fingerprint density at radius 1 is 1.26 bits per heavy atom. The van der Waals surface area contributed by atoms with Gasteiger partial charge in [-0.2, -0.15) is 0 Å². The SMILES string of the molecule is CCCCCCC(C)C(=O)N(Cc1cc(CCCOC)ccc1Cl)C1CC1. The highest BCUT2D eigenvalue weighted by molar-refractivity contribution is 6.31. The molecule has 0 bridgehead atoms. The summed E-state index contributed by atoms with van der Waals surface area (Å²) < 4.78 is 5.15. The highest BCUT2D eigenvalue weighted by Gasteiger charge is 2.34. The molecule has 27 heavy (non-hydrogen) atoms. The largest absolute Gasteiger partial charge is 0.385 e. The first-order valence-electron chi connectivity index (χ1n) is 10.6. The van der Waals surface area contributed by atoms with E-state index in [0.29, 0.717) is 18.5 Å². The summed E-state index contributed by atoms with van der Waals surface area (Å²) in [5.41, 5.74) is 2.34. The van der Waals surface area contributed by atoms with Gasteiger partial charge in [-0.05, 0) is 49.3 Å². The molecule has 1 aromatic carbocycles. The number of hydrogen-bond donors (Lipinski definition) is 0. The number of amides is 1. The maximum atomic E-state index is 13.1. The molecular formula is C23H36ClNO2. The van der Waals surface area contributed by atoms with Crippen LogP contribution in [0.2, 0.25) is 5.02 Å². The summed E-state index contributed by atoms with van der Waals surface area (Å²) >= 11 is 6.47. The highest BCUT2D eigenvalue weighted by atomic mass is 35.5. The van der Waals surface area contributed by atoms with E-state index in [0.717, 1.165) is 55.7 Å². The molecule has 1 fully saturated rings. The summed E-state index contributed by atoms with van der Waals surface area (Å²) in [4.78, 5) is 15.2. The lowest BCUT2D eigenvalue weighted by molar-refractivity contribution is -0.136. The van der Waals surface area contributed by atoms with Gasteiger partial charge in [0.05, 0.1) is 0 Å². The molecule has 2 rings (SSSR count). The average molecular weight is 394 g/mol. The topological polar surface area (TPSA) is 29.5 Å². The molecule has 0 spiro atoms. The minimum Gasteiger partial charge on any atom is -0.385 e. The fourth-order valence-electron chi connectivity index (χ4n) is 3.57. The summed E-state index contributed by atoms with van der Waals surface area (Å²) in [6.07, 6.45) is 10.1. The lowest BCUT2D eigenvalue weighted by atomic mass is 10.0. The van der Waals surface area contributed by atoms with Crippen LogP contribution < -0.4 is 0 Å². The van der Waals surface area contributed by atoms with Crippen LogP contribution in [0.15, 0.2) is 18.2 Å². The van der Waals surface area contributed by atoms with Gasteiger partial charge in [0, 0.05) is 37.2 Å². The van der Waals surface area contributed by atoms with Crippen LogP contribution in [0.1, 0.15) is 76.3 Å². The molecule has 1 amide bonds. The Morgan fingerprint density at radius 2 is 2.04 bits per heavy atom. The Balaban J connectivity index is 1.98. The van der Waals surface area contributed by atoms with Crippen LogP contribution in [-0.2, 0) is 22.5 Å². The molecule has 0 heterocycles. The van der Waals surface area contributed by atoms with Crippen molar-refractivity contribution in [3.05, 3.63) is 34.3 Å². The molecule has 1 aliphatic rings. The lowest BCUT2D eigenvalue weighted by Crippen LogP contribution is -2.36. The number of nitrogens with zero attached hydrogens (tertiary/aromatic N) is 1. The number of unbranched alkanes of at least 4 members (excludes halogenated alkanes) is 3. The van der Waals surface area contributed by atoms with Crippen molar-refractivity contribution in [3.63, 3.8) is 0 Å². The third kappa shape index (κ3) is 7.46. The zero-order valence-electron chi connectivity index (χ0n) is 17.3. The molecule has 0 aliphatic heterocycles. The van der Waals surface area contributed by atoms with Crippen LogP contribution in [0.3, 0.4) is 0 Å². The van der Waals surface area contributed by atoms with E-state index >= 15 is 0 Å². The third-order valence-electron chi connectivity index (χ3n) is 5.45. The molecule has 1 atom stereocenters. The molecule has 1 aromatic rings. The molecule has 0 N–H and O–H groups in total. The summed E-state index contributed by atoms with van der Waals surface area (Å²) in [5.74, 6) is 0.404. The van der Waals surface area contributed by atoms with E-state index in [1.54, 1.807) is 7.11 Å². The second kappa shape index (κ2) is 11.7. The fraction of sp³-hybridized carbons (Fsp3) is 0.696. The van der Waals surface area contributed by atoms with Crippen molar-refractivity contribution in [1.82, 2.24) is 4.90 Å². The van der Waals surface area contributed by atoms with Crippen molar-refractivity contribution in [2.45, 2.75) is 84.2 Å². The number of carbonyl (C=O) groups is 1. The minimum atomic E-state index is 0.103. The van der Waals surface area contributed by atoms with Crippen molar-refractivity contribution < 1.29 is 9.53 Å². The summed E-state index contributed by atoms with van der Waals surface area (Å²) in [7, 11) is 1.73. The van der Waals surface area contributed by atoms with Gasteiger partial charge < -0.3 is 9.64 Å². The van der Waals surface area contributed by atoms with Crippen molar-refractivity contribution in [1.29, 1.82) is 0 Å². The van der Waals surface area contributed by atoms with E-state index in [1.165, 1.54) is 24.8 Å². The van der Waals surface area contributed by atoms with Crippen molar-refractivity contribution >= 4 is 17.5 Å². The van der Waals surface area contributed by atoms with E-state index in [4.69, 9.17) is 16.3 Å². The first-order chi connectivity index (χ1) is 13.1. The molecule has 1 aliphatic carbocycles. The predicted molar refractivity (Wildman–Crippen MR) is 113 cm³/mol. The third-order valence-corrected chi connectivity index (χ3v) is 5.82. The molecule has 0 saturated heterocycles. The second-order valence-corrected chi connectivity index (χ2v) is 8.38. The number of methoxy groups -OCH3 is 1. The molecule has 152 valence electrons. The Bertz CT molecular complexity index is 586. The van der Waals surface area contributed by atoms with Gasteiger partial charge in [0.25, 0.3) is 0 Å². The fourth-order valence-corrected chi connectivity index (χ4v) is 3.74. The van der Waals surface area contributed by atoms with Gasteiger partial charge in [-0.15, -0.1) is 0 Å². The number of rotatable bonds is 13. The molecule has 1 saturated carbocycles. The number of benzene rings is 1. The molecule has 1 unspecified atom stereocenters. The number of ether oxygens (including phenoxy) is 1. The molecule has 0 aromatic heterocycles. The maximum absolute atomic E-state index is 13.1. The second-order valence-electron chi connectivity index (χ2n) is 7.97. The summed E-state index contributed by atoms with van der Waals surface area (Å²) in [6, 6.07) is 6.64. The maximum Gasteiger partial charge on any atom is 0.225 e. The van der Waals surface area contributed by atoms with Crippen LogP contribution in [-0.4, -0.2) is 30.6 Å². The van der Waals surface area contributed by atoms with Crippen molar-refractivity contribution in [3.8, 4) is 0 Å². The van der Waals surface area contributed by atoms with E-state index in [9.17, 15) is 4.79 Å². The molecule has 0 radical (unpaired) electrons. The lowest BCUT2D eigenvalue weighted by Gasteiger charge is -2.26. The van der Waals surface area contributed by atoms with Crippen LogP contribution >= 0.6 is 11.6 Å². The number of aryl methyl sites for hydroxylation is 1. The van der Waals surface area contributed by atoms with Gasteiger partial charge in [-0.25, -0.2) is 0 Å². The van der Waals surface area contributed by atoms with E-state index in [2.05, 4.69) is 30.9 Å². The van der Waals surface area contributed by atoms with E-state index in [1.807, 2.05) is 6.07 Å². The van der Waals surface area contributed by atoms with Crippen LogP contribution in [0.25, 0.3) is 0 Å². The number of carbonyl (C=O) groups excluding carboxylic acids is 1. The first-order valence-corrected chi connectivity index (χ1v) is 11.0. The Morgan fingerprint density at radius 3 is 2.70 bits per heavy atom. The number of halogens is 1. The van der Waals surface area contributed by atoms with Crippen molar-refractivity contribution in [2.24, 2.45) is 5.92 Å². The van der Waals surface area contributed by atoms with Gasteiger partial charge in [0.2, 0.25) is 5.91 Å². The predicted octanol–water partition coefficient (Wildman–Crippen LogP) is 6.02. The number of hydrogen-bond acceptors (Lipinski definition) is 2.